The predicted molar refractivity (Wildman–Crippen MR) is 90.0 cm³/mol. The van der Waals surface area contributed by atoms with Gasteiger partial charge in [0, 0.05) is 17.0 Å². The minimum absolute atomic E-state index is 0.636. The normalized spacial score (nSPS) is 11.5. The highest BCUT2D eigenvalue weighted by atomic mass is 16.3. The number of para-hydroxylation sites is 1. The number of pyridine rings is 3. The highest BCUT2D eigenvalue weighted by molar-refractivity contribution is 6.03. The zero-order valence-electron chi connectivity index (χ0n) is 12.1. The molecule has 0 spiro atoms. The summed E-state index contributed by atoms with van der Waals surface area (Å²) in [6.45, 7) is 0. The Hall–Kier alpha value is -3.27. The van der Waals surface area contributed by atoms with Crippen LogP contribution in [0.1, 0.15) is 0 Å². The second kappa shape index (κ2) is 4.61. The van der Waals surface area contributed by atoms with Crippen LogP contribution in [0.15, 0.2) is 71.3 Å². The molecule has 0 aliphatic carbocycles. The van der Waals surface area contributed by atoms with Crippen molar-refractivity contribution in [1.82, 2.24) is 15.0 Å². The largest absolute Gasteiger partial charge is 0.438 e. The van der Waals surface area contributed by atoms with E-state index in [-0.39, 0.29) is 0 Å². The summed E-state index contributed by atoms with van der Waals surface area (Å²) < 4.78 is 5.85. The lowest BCUT2D eigenvalue weighted by Crippen LogP contribution is -1.89. The first-order chi connectivity index (χ1) is 11.4. The molecule has 23 heavy (non-hydrogen) atoms. The number of nitrogens with zero attached hydrogens (tertiary/aromatic N) is 3. The average Bonchev–Trinajstić information content (AvgIpc) is 2.99. The van der Waals surface area contributed by atoms with Crippen LogP contribution < -0.4 is 0 Å². The molecule has 0 saturated carbocycles. The van der Waals surface area contributed by atoms with Crippen LogP contribution in [0.4, 0.5) is 0 Å². The lowest BCUT2D eigenvalue weighted by atomic mass is 10.1. The molecule has 0 N–H and O–H groups in total. The van der Waals surface area contributed by atoms with E-state index in [1.807, 2.05) is 60.7 Å². The minimum Gasteiger partial charge on any atom is -0.438 e. The monoisotopic (exact) mass is 297 g/mol. The Morgan fingerprint density at radius 3 is 2.52 bits per heavy atom. The molecular formula is C19H11N3O. The second-order valence-electron chi connectivity index (χ2n) is 5.39. The molecule has 0 amide bonds. The van der Waals surface area contributed by atoms with Crippen LogP contribution in [-0.2, 0) is 0 Å². The van der Waals surface area contributed by atoms with Crippen molar-refractivity contribution >= 4 is 33.1 Å². The number of rotatable bonds is 1. The van der Waals surface area contributed by atoms with Crippen molar-refractivity contribution in [3.8, 4) is 11.4 Å². The zero-order chi connectivity index (χ0) is 15.2. The summed E-state index contributed by atoms with van der Waals surface area (Å²) in [5, 5.41) is 2.10. The van der Waals surface area contributed by atoms with Gasteiger partial charge < -0.3 is 4.42 Å². The Kier molecular flexibility index (Phi) is 2.46. The third kappa shape index (κ3) is 1.89. The van der Waals surface area contributed by atoms with E-state index >= 15 is 0 Å². The molecule has 5 aromatic rings. The maximum Gasteiger partial charge on any atom is 0.227 e. The first-order valence-electron chi connectivity index (χ1n) is 7.39. The van der Waals surface area contributed by atoms with Crippen LogP contribution in [-0.4, -0.2) is 15.0 Å². The maximum atomic E-state index is 5.85. The molecule has 0 aliphatic rings. The summed E-state index contributed by atoms with van der Waals surface area (Å²) >= 11 is 0. The molecule has 0 aliphatic heterocycles. The molecule has 4 heteroatoms. The van der Waals surface area contributed by atoms with Crippen LogP contribution in [0.25, 0.3) is 44.5 Å². The van der Waals surface area contributed by atoms with E-state index in [0.29, 0.717) is 5.71 Å². The fraction of sp³-hybridized carbons (Fsp3) is 0. The van der Waals surface area contributed by atoms with Crippen molar-refractivity contribution in [2.45, 2.75) is 0 Å². The maximum absolute atomic E-state index is 5.85. The summed E-state index contributed by atoms with van der Waals surface area (Å²) in [7, 11) is 0. The SMILES string of the molecule is c1cnc2ccc(-c3ccc4c(n3)oc3ccccc34)nc2c1. The third-order valence-electron chi connectivity index (χ3n) is 3.96. The Labute approximate surface area is 131 Å². The van der Waals surface area contributed by atoms with Gasteiger partial charge in [-0.15, -0.1) is 0 Å². The summed E-state index contributed by atoms with van der Waals surface area (Å²) in [6.07, 6.45) is 1.77. The standard InChI is InChI=1S/C19H11N3O/c1-2-6-18-12(4-1)13-7-8-17(22-19(13)23-18)16-10-9-14-15(21-16)5-3-11-20-14/h1-11H. The molecule has 0 radical (unpaired) electrons. The van der Waals surface area contributed by atoms with Crippen molar-refractivity contribution in [2.75, 3.05) is 0 Å². The second-order valence-corrected chi connectivity index (χ2v) is 5.39. The first kappa shape index (κ1) is 12.3. The van der Waals surface area contributed by atoms with Crippen molar-refractivity contribution in [3.63, 3.8) is 0 Å². The highest BCUT2D eigenvalue weighted by Crippen LogP contribution is 2.29. The van der Waals surface area contributed by atoms with E-state index in [9.17, 15) is 0 Å². The Bertz CT molecular complexity index is 1180. The molecular weight excluding hydrogens is 286 g/mol. The van der Waals surface area contributed by atoms with Gasteiger partial charge in [0.05, 0.1) is 22.4 Å². The number of benzene rings is 1. The van der Waals surface area contributed by atoms with Gasteiger partial charge in [0.1, 0.15) is 5.58 Å². The summed E-state index contributed by atoms with van der Waals surface area (Å²) in [4.78, 5) is 13.6. The van der Waals surface area contributed by atoms with E-state index in [1.54, 1.807) is 6.20 Å². The van der Waals surface area contributed by atoms with E-state index in [0.717, 1.165) is 38.8 Å². The fourth-order valence-electron chi connectivity index (χ4n) is 2.85. The summed E-state index contributed by atoms with van der Waals surface area (Å²) in [5.41, 5.74) is 4.83. The van der Waals surface area contributed by atoms with Crippen LogP contribution in [0, 0.1) is 0 Å². The minimum atomic E-state index is 0.636. The van der Waals surface area contributed by atoms with Gasteiger partial charge >= 0.3 is 0 Å². The zero-order valence-corrected chi connectivity index (χ0v) is 12.1. The molecule has 4 nitrogen and oxygen atoms in total. The molecule has 4 heterocycles. The predicted octanol–water partition coefficient (Wildman–Crippen LogP) is 4.59. The van der Waals surface area contributed by atoms with Gasteiger partial charge in [-0.3, -0.25) is 4.98 Å². The highest BCUT2D eigenvalue weighted by Gasteiger charge is 2.10. The van der Waals surface area contributed by atoms with Gasteiger partial charge in [-0.25, -0.2) is 9.97 Å². The van der Waals surface area contributed by atoms with E-state index < -0.39 is 0 Å². The van der Waals surface area contributed by atoms with Gasteiger partial charge in [0.25, 0.3) is 0 Å². The van der Waals surface area contributed by atoms with Crippen molar-refractivity contribution in [3.05, 3.63) is 66.9 Å². The topological polar surface area (TPSA) is 51.8 Å². The summed E-state index contributed by atoms with van der Waals surface area (Å²) in [5.74, 6) is 0. The van der Waals surface area contributed by atoms with E-state index in [1.165, 1.54) is 0 Å². The van der Waals surface area contributed by atoms with Gasteiger partial charge in [0.15, 0.2) is 0 Å². The molecule has 5 rings (SSSR count). The fourth-order valence-corrected chi connectivity index (χ4v) is 2.85. The summed E-state index contributed by atoms with van der Waals surface area (Å²) in [6, 6.07) is 19.7. The Balaban J connectivity index is 1.73. The smallest absolute Gasteiger partial charge is 0.227 e. The van der Waals surface area contributed by atoms with Crippen molar-refractivity contribution in [2.24, 2.45) is 0 Å². The van der Waals surface area contributed by atoms with Crippen LogP contribution in [0.3, 0.4) is 0 Å². The number of hydrogen-bond acceptors (Lipinski definition) is 4. The van der Waals surface area contributed by atoms with Gasteiger partial charge in [-0.05, 0) is 42.5 Å². The van der Waals surface area contributed by atoms with E-state index in [4.69, 9.17) is 4.42 Å². The van der Waals surface area contributed by atoms with Gasteiger partial charge in [-0.2, -0.15) is 0 Å². The molecule has 1 aromatic carbocycles. The van der Waals surface area contributed by atoms with Crippen LogP contribution >= 0.6 is 0 Å². The third-order valence-corrected chi connectivity index (χ3v) is 3.96. The molecule has 0 saturated heterocycles. The molecule has 108 valence electrons. The molecule has 4 aromatic heterocycles. The van der Waals surface area contributed by atoms with Crippen LogP contribution in [0.5, 0.6) is 0 Å². The number of furan rings is 1. The number of hydrogen-bond donors (Lipinski definition) is 0. The molecule has 0 fully saturated rings. The quantitative estimate of drug-likeness (QED) is 0.454. The lowest BCUT2D eigenvalue weighted by molar-refractivity contribution is 0.654. The van der Waals surface area contributed by atoms with Crippen molar-refractivity contribution < 1.29 is 4.42 Å². The average molecular weight is 297 g/mol. The van der Waals surface area contributed by atoms with Gasteiger partial charge in [0.2, 0.25) is 5.71 Å². The number of aromatic nitrogens is 3. The molecule has 0 atom stereocenters. The van der Waals surface area contributed by atoms with Crippen LogP contribution in [0.2, 0.25) is 0 Å². The molecule has 0 bridgehead atoms. The van der Waals surface area contributed by atoms with Gasteiger partial charge in [-0.1, -0.05) is 18.2 Å². The van der Waals surface area contributed by atoms with Crippen molar-refractivity contribution in [1.29, 1.82) is 0 Å². The first-order valence-corrected chi connectivity index (χ1v) is 7.39. The lowest BCUT2D eigenvalue weighted by Gasteiger charge is -2.02. The Morgan fingerprint density at radius 1 is 0.652 bits per heavy atom. The molecule has 0 unspecified atom stereocenters. The Morgan fingerprint density at radius 2 is 1.52 bits per heavy atom. The van der Waals surface area contributed by atoms with E-state index in [2.05, 4.69) is 15.0 Å². The number of fused-ring (bicyclic) bond motifs is 4.